The lowest BCUT2D eigenvalue weighted by atomic mass is 9.89. The molecule has 6 heteroatoms. The highest BCUT2D eigenvalue weighted by atomic mass is 16.5. The van der Waals surface area contributed by atoms with Crippen molar-refractivity contribution in [3.63, 3.8) is 0 Å². The SMILES string of the molecule is COC(=O)/C=C/c1cc2c(cc1/C=C/C(=O)OC)C(C)(C)N(O)C2C. The number of nitrogens with zero attached hydrogens (tertiary/aromatic N) is 1. The zero-order valence-corrected chi connectivity index (χ0v) is 15.1. The Morgan fingerprint density at radius 1 is 1.08 bits per heavy atom. The topological polar surface area (TPSA) is 76.1 Å². The van der Waals surface area contributed by atoms with Gasteiger partial charge in [0, 0.05) is 12.2 Å². The van der Waals surface area contributed by atoms with Gasteiger partial charge in [0.25, 0.3) is 0 Å². The van der Waals surface area contributed by atoms with Gasteiger partial charge in [-0.3, -0.25) is 0 Å². The quantitative estimate of drug-likeness (QED) is 0.668. The number of hydroxylamine groups is 2. The molecule has 0 fully saturated rings. The Labute approximate surface area is 147 Å². The van der Waals surface area contributed by atoms with E-state index in [1.165, 1.54) is 31.4 Å². The van der Waals surface area contributed by atoms with Crippen LogP contribution < -0.4 is 0 Å². The molecular weight excluding hydrogens is 322 g/mol. The van der Waals surface area contributed by atoms with E-state index in [-0.39, 0.29) is 6.04 Å². The van der Waals surface area contributed by atoms with Crippen molar-refractivity contribution in [3.05, 3.63) is 46.5 Å². The van der Waals surface area contributed by atoms with Gasteiger partial charge in [-0.25, -0.2) is 9.59 Å². The summed E-state index contributed by atoms with van der Waals surface area (Å²) in [5.41, 5.74) is 2.84. The molecule has 0 saturated carbocycles. The van der Waals surface area contributed by atoms with E-state index in [0.29, 0.717) is 0 Å². The first-order chi connectivity index (χ1) is 11.7. The van der Waals surface area contributed by atoms with E-state index in [1.54, 1.807) is 12.2 Å². The summed E-state index contributed by atoms with van der Waals surface area (Å²) in [6, 6.07) is 3.64. The summed E-state index contributed by atoms with van der Waals surface area (Å²) in [5, 5.41) is 11.7. The van der Waals surface area contributed by atoms with Crippen LogP contribution in [0.15, 0.2) is 24.3 Å². The molecule has 1 aliphatic heterocycles. The molecule has 0 saturated heterocycles. The smallest absolute Gasteiger partial charge is 0.330 e. The third-order valence-corrected chi connectivity index (χ3v) is 4.50. The predicted octanol–water partition coefficient (Wildman–Crippen LogP) is 3.06. The van der Waals surface area contributed by atoms with Gasteiger partial charge in [0.15, 0.2) is 0 Å². The first-order valence-electron chi connectivity index (χ1n) is 7.91. The Morgan fingerprint density at radius 2 is 1.56 bits per heavy atom. The van der Waals surface area contributed by atoms with Crippen molar-refractivity contribution in [2.75, 3.05) is 14.2 Å². The number of carbonyl (C=O) groups excluding carboxylic acids is 2. The van der Waals surface area contributed by atoms with E-state index >= 15 is 0 Å². The third-order valence-electron chi connectivity index (χ3n) is 4.50. The van der Waals surface area contributed by atoms with Gasteiger partial charge in [-0.15, -0.1) is 0 Å². The number of hydrogen-bond acceptors (Lipinski definition) is 6. The zero-order valence-electron chi connectivity index (χ0n) is 15.1. The summed E-state index contributed by atoms with van der Waals surface area (Å²) in [4.78, 5) is 22.8. The van der Waals surface area contributed by atoms with Crippen molar-refractivity contribution >= 4 is 24.1 Å². The molecule has 1 aromatic carbocycles. The highest BCUT2D eigenvalue weighted by Crippen LogP contribution is 2.45. The molecule has 134 valence electrons. The molecule has 25 heavy (non-hydrogen) atoms. The van der Waals surface area contributed by atoms with Crippen LogP contribution >= 0.6 is 0 Å². The van der Waals surface area contributed by atoms with E-state index in [0.717, 1.165) is 22.3 Å². The average molecular weight is 345 g/mol. The van der Waals surface area contributed by atoms with Crippen molar-refractivity contribution in [2.45, 2.75) is 32.4 Å². The monoisotopic (exact) mass is 345 g/mol. The summed E-state index contributed by atoms with van der Waals surface area (Å²) in [7, 11) is 2.61. The van der Waals surface area contributed by atoms with Crippen LogP contribution in [0, 0.1) is 0 Å². The van der Waals surface area contributed by atoms with E-state index in [2.05, 4.69) is 9.47 Å². The van der Waals surface area contributed by atoms with Crippen LogP contribution in [0.25, 0.3) is 12.2 Å². The first-order valence-corrected chi connectivity index (χ1v) is 7.91. The molecule has 1 aliphatic rings. The maximum atomic E-state index is 11.4. The standard InChI is InChI=1S/C19H23NO5/c1-12-15-10-13(6-8-17(21)24-4)14(7-9-18(22)25-5)11-16(15)19(2,3)20(12)23/h6-12,23H,1-5H3/b8-6+,9-7+. The van der Waals surface area contributed by atoms with Crippen molar-refractivity contribution in [2.24, 2.45) is 0 Å². The molecule has 0 radical (unpaired) electrons. The Morgan fingerprint density at radius 3 is 2.04 bits per heavy atom. The molecule has 0 spiro atoms. The molecule has 0 bridgehead atoms. The van der Waals surface area contributed by atoms with Crippen molar-refractivity contribution in [3.8, 4) is 0 Å². The maximum absolute atomic E-state index is 11.4. The predicted molar refractivity (Wildman–Crippen MR) is 93.6 cm³/mol. The molecule has 1 N–H and O–H groups in total. The van der Waals surface area contributed by atoms with Gasteiger partial charge in [-0.1, -0.05) is 0 Å². The normalized spacial score (nSPS) is 19.4. The van der Waals surface area contributed by atoms with E-state index in [4.69, 9.17) is 0 Å². The second-order valence-corrected chi connectivity index (χ2v) is 6.36. The fourth-order valence-corrected chi connectivity index (χ4v) is 3.01. The van der Waals surface area contributed by atoms with Gasteiger partial charge in [-0.2, -0.15) is 5.06 Å². The van der Waals surface area contributed by atoms with Crippen LogP contribution in [0.4, 0.5) is 0 Å². The number of carbonyl (C=O) groups is 2. The lowest BCUT2D eigenvalue weighted by Crippen LogP contribution is -2.33. The number of fused-ring (bicyclic) bond motifs is 1. The number of rotatable bonds is 4. The van der Waals surface area contributed by atoms with E-state index in [9.17, 15) is 14.8 Å². The number of esters is 2. The molecule has 0 aliphatic carbocycles. The molecule has 1 atom stereocenters. The fourth-order valence-electron chi connectivity index (χ4n) is 3.01. The molecule has 6 nitrogen and oxygen atoms in total. The summed E-state index contributed by atoms with van der Waals surface area (Å²) in [6.45, 7) is 5.76. The van der Waals surface area contributed by atoms with E-state index in [1.807, 2.05) is 32.9 Å². The van der Waals surface area contributed by atoms with Gasteiger partial charge in [0.2, 0.25) is 0 Å². The second-order valence-electron chi connectivity index (χ2n) is 6.36. The molecule has 0 amide bonds. The molecule has 1 aromatic rings. The minimum Gasteiger partial charge on any atom is -0.466 e. The summed E-state index contributed by atoms with van der Waals surface area (Å²) in [5.74, 6) is -0.944. The minimum absolute atomic E-state index is 0.186. The van der Waals surface area contributed by atoms with Gasteiger partial charge in [0.1, 0.15) is 0 Å². The summed E-state index contributed by atoms with van der Waals surface area (Å²) >= 11 is 0. The van der Waals surface area contributed by atoms with Crippen LogP contribution in [0.2, 0.25) is 0 Å². The van der Waals surface area contributed by atoms with Gasteiger partial charge < -0.3 is 14.7 Å². The average Bonchev–Trinajstić information content (AvgIpc) is 2.77. The van der Waals surface area contributed by atoms with Crippen LogP contribution in [-0.4, -0.2) is 36.4 Å². The minimum atomic E-state index is -0.562. The lowest BCUT2D eigenvalue weighted by Gasteiger charge is -2.28. The molecule has 2 rings (SSSR count). The maximum Gasteiger partial charge on any atom is 0.330 e. The second kappa shape index (κ2) is 7.21. The van der Waals surface area contributed by atoms with Gasteiger partial charge in [0.05, 0.1) is 25.8 Å². The Hall–Kier alpha value is -2.44. The first kappa shape index (κ1) is 18.9. The summed E-state index contributed by atoms with van der Waals surface area (Å²) < 4.78 is 9.25. The summed E-state index contributed by atoms with van der Waals surface area (Å²) in [6.07, 6.45) is 5.89. The van der Waals surface area contributed by atoms with Crippen LogP contribution in [0.5, 0.6) is 0 Å². The van der Waals surface area contributed by atoms with Gasteiger partial charge >= 0.3 is 11.9 Å². The van der Waals surface area contributed by atoms with Crippen LogP contribution in [0.3, 0.4) is 0 Å². The van der Waals surface area contributed by atoms with Crippen LogP contribution in [0.1, 0.15) is 49.1 Å². The fraction of sp³-hybridized carbons (Fsp3) is 0.368. The van der Waals surface area contributed by atoms with Gasteiger partial charge in [-0.05, 0) is 67.3 Å². The van der Waals surface area contributed by atoms with Crippen molar-refractivity contribution < 1.29 is 24.3 Å². The van der Waals surface area contributed by atoms with Crippen molar-refractivity contribution in [1.82, 2.24) is 5.06 Å². The number of hydrogen-bond donors (Lipinski definition) is 1. The van der Waals surface area contributed by atoms with Crippen LogP contribution in [-0.2, 0) is 24.6 Å². The largest absolute Gasteiger partial charge is 0.466 e. The Balaban J connectivity index is 2.58. The van der Waals surface area contributed by atoms with E-state index < -0.39 is 17.5 Å². The Bertz CT molecular complexity index is 748. The highest BCUT2D eigenvalue weighted by Gasteiger charge is 2.41. The number of benzene rings is 1. The molecule has 1 unspecified atom stereocenters. The van der Waals surface area contributed by atoms with Crippen molar-refractivity contribution in [1.29, 1.82) is 0 Å². The zero-order chi connectivity index (χ0) is 18.8. The Kier molecular flexibility index (Phi) is 5.45. The molecular formula is C19H23NO5. The molecule has 0 aromatic heterocycles. The third kappa shape index (κ3) is 3.65. The number of methoxy groups -OCH3 is 2. The highest BCUT2D eigenvalue weighted by molar-refractivity contribution is 5.90. The molecule has 1 heterocycles. The number of ether oxygens (including phenoxy) is 2. The lowest BCUT2D eigenvalue weighted by molar-refractivity contribution is -0.181.